The third kappa shape index (κ3) is 8.71. The number of ether oxygens (including phenoxy) is 1. The summed E-state index contributed by atoms with van der Waals surface area (Å²) in [4.78, 5) is 22.6. The molecule has 1 aliphatic heterocycles. The molecule has 1 saturated heterocycles. The van der Waals surface area contributed by atoms with E-state index in [9.17, 15) is 4.79 Å². The van der Waals surface area contributed by atoms with Crippen LogP contribution in [0.1, 0.15) is 58.9 Å². The molecule has 1 atom stereocenters. The third-order valence-electron chi connectivity index (χ3n) is 4.76. The van der Waals surface area contributed by atoms with Gasteiger partial charge in [0.05, 0.1) is 12.6 Å². The first-order valence-corrected chi connectivity index (χ1v) is 10.9. The molecule has 0 bridgehead atoms. The lowest BCUT2D eigenvalue weighted by atomic mass is 10.1. The van der Waals surface area contributed by atoms with Crippen molar-refractivity contribution in [2.75, 3.05) is 26.2 Å². The van der Waals surface area contributed by atoms with E-state index in [0.717, 1.165) is 57.0 Å². The fourth-order valence-corrected chi connectivity index (χ4v) is 3.46. The Morgan fingerprint density at radius 3 is 2.86 bits per heavy atom. The lowest BCUT2D eigenvalue weighted by molar-refractivity contribution is -0.127. The highest BCUT2D eigenvalue weighted by Crippen LogP contribution is 2.15. The highest BCUT2D eigenvalue weighted by Gasteiger charge is 2.18. The smallest absolute Gasteiger partial charge is 0.222 e. The second-order valence-electron chi connectivity index (χ2n) is 8.02. The van der Waals surface area contributed by atoms with Crippen molar-refractivity contribution in [3.05, 3.63) is 23.9 Å². The number of rotatable bonds is 11. The van der Waals surface area contributed by atoms with Gasteiger partial charge in [-0.1, -0.05) is 13.8 Å². The minimum absolute atomic E-state index is 0.141. The molecule has 7 nitrogen and oxygen atoms in total. The number of amides is 1. The number of guanidine groups is 1. The first-order valence-electron chi connectivity index (χ1n) is 10.9. The molecular weight excluding hydrogens is 366 g/mol. The van der Waals surface area contributed by atoms with Crippen molar-refractivity contribution < 1.29 is 9.53 Å². The second-order valence-corrected chi connectivity index (χ2v) is 8.02. The molecule has 1 aromatic rings. The summed E-state index contributed by atoms with van der Waals surface area (Å²) in [6.45, 7) is 12.4. The number of likely N-dealkylation sites (tertiary alicyclic amines) is 1. The van der Waals surface area contributed by atoms with E-state index < -0.39 is 0 Å². The van der Waals surface area contributed by atoms with Crippen LogP contribution in [0.15, 0.2) is 23.3 Å². The van der Waals surface area contributed by atoms with E-state index in [-0.39, 0.29) is 12.0 Å². The third-order valence-corrected chi connectivity index (χ3v) is 4.76. The molecule has 1 fully saturated rings. The van der Waals surface area contributed by atoms with Gasteiger partial charge < -0.3 is 20.3 Å². The number of pyridine rings is 1. The first kappa shape index (κ1) is 23.0. The SMILES string of the molecule is CCNC(=NCc1ccnc(OC(C)CC(C)C)c1)NCCCN1CCCC1=O. The molecule has 0 radical (unpaired) electrons. The van der Waals surface area contributed by atoms with Crippen LogP contribution in [0.5, 0.6) is 5.88 Å². The zero-order chi connectivity index (χ0) is 21.1. The predicted molar refractivity (Wildman–Crippen MR) is 117 cm³/mol. The number of carbonyl (C=O) groups is 1. The number of hydrogen-bond acceptors (Lipinski definition) is 4. The molecule has 1 aromatic heterocycles. The molecule has 0 saturated carbocycles. The van der Waals surface area contributed by atoms with Gasteiger partial charge in [-0.15, -0.1) is 0 Å². The van der Waals surface area contributed by atoms with Crippen LogP contribution >= 0.6 is 0 Å². The van der Waals surface area contributed by atoms with Crippen molar-refractivity contribution in [1.29, 1.82) is 0 Å². The Labute approximate surface area is 175 Å². The molecule has 2 heterocycles. The van der Waals surface area contributed by atoms with E-state index >= 15 is 0 Å². The Morgan fingerprint density at radius 1 is 1.34 bits per heavy atom. The van der Waals surface area contributed by atoms with Crippen molar-refractivity contribution in [3.63, 3.8) is 0 Å². The minimum Gasteiger partial charge on any atom is -0.475 e. The van der Waals surface area contributed by atoms with Crippen LogP contribution in [0.4, 0.5) is 0 Å². The molecular formula is C22H37N5O2. The number of aromatic nitrogens is 1. The van der Waals surface area contributed by atoms with Gasteiger partial charge in [-0.05, 0) is 50.7 Å². The van der Waals surface area contributed by atoms with Crippen LogP contribution in [-0.2, 0) is 11.3 Å². The number of nitrogens with one attached hydrogen (secondary N) is 2. The summed E-state index contributed by atoms with van der Waals surface area (Å²) in [5, 5.41) is 6.62. The molecule has 29 heavy (non-hydrogen) atoms. The summed E-state index contributed by atoms with van der Waals surface area (Å²) in [5.74, 6) is 2.31. The van der Waals surface area contributed by atoms with E-state index in [1.165, 1.54) is 0 Å². The van der Waals surface area contributed by atoms with E-state index in [1.54, 1.807) is 6.20 Å². The van der Waals surface area contributed by atoms with E-state index in [0.29, 0.717) is 24.8 Å². The zero-order valence-corrected chi connectivity index (χ0v) is 18.4. The molecule has 1 amide bonds. The van der Waals surface area contributed by atoms with Crippen molar-refractivity contribution in [2.24, 2.45) is 10.9 Å². The fraction of sp³-hybridized carbons (Fsp3) is 0.682. The minimum atomic E-state index is 0.141. The molecule has 0 aromatic carbocycles. The summed E-state index contributed by atoms with van der Waals surface area (Å²) in [5.41, 5.74) is 1.06. The van der Waals surface area contributed by atoms with Gasteiger partial charge in [0, 0.05) is 44.9 Å². The molecule has 2 rings (SSSR count). The van der Waals surface area contributed by atoms with Crippen molar-refractivity contribution in [3.8, 4) is 5.88 Å². The molecule has 0 spiro atoms. The number of carbonyl (C=O) groups excluding carboxylic acids is 1. The Hall–Kier alpha value is -2.31. The van der Waals surface area contributed by atoms with Crippen LogP contribution in [0.3, 0.4) is 0 Å². The van der Waals surface area contributed by atoms with Gasteiger partial charge in [0.1, 0.15) is 0 Å². The summed E-state index contributed by atoms with van der Waals surface area (Å²) in [6, 6.07) is 3.93. The van der Waals surface area contributed by atoms with Gasteiger partial charge in [0.2, 0.25) is 11.8 Å². The molecule has 162 valence electrons. The molecule has 1 aliphatic rings. The van der Waals surface area contributed by atoms with Crippen LogP contribution in [0.2, 0.25) is 0 Å². The van der Waals surface area contributed by atoms with Gasteiger partial charge in [0.15, 0.2) is 5.96 Å². The number of hydrogen-bond donors (Lipinski definition) is 2. The average molecular weight is 404 g/mol. The zero-order valence-electron chi connectivity index (χ0n) is 18.4. The maximum atomic E-state index is 11.7. The topological polar surface area (TPSA) is 78.9 Å². The Kier molecular flexibility index (Phi) is 9.74. The Morgan fingerprint density at radius 2 is 2.17 bits per heavy atom. The second kappa shape index (κ2) is 12.3. The van der Waals surface area contributed by atoms with E-state index in [1.807, 2.05) is 17.0 Å². The lowest BCUT2D eigenvalue weighted by Crippen LogP contribution is -2.39. The van der Waals surface area contributed by atoms with Gasteiger partial charge in [-0.25, -0.2) is 9.98 Å². The van der Waals surface area contributed by atoms with Crippen LogP contribution < -0.4 is 15.4 Å². The van der Waals surface area contributed by atoms with Gasteiger partial charge in [-0.2, -0.15) is 0 Å². The fourth-order valence-electron chi connectivity index (χ4n) is 3.46. The number of nitrogens with zero attached hydrogens (tertiary/aromatic N) is 3. The normalized spacial score (nSPS) is 15.7. The maximum absolute atomic E-state index is 11.7. The highest BCUT2D eigenvalue weighted by atomic mass is 16.5. The molecule has 1 unspecified atom stereocenters. The summed E-state index contributed by atoms with van der Waals surface area (Å²) in [6.07, 6.45) is 5.52. The average Bonchev–Trinajstić information content (AvgIpc) is 3.07. The summed E-state index contributed by atoms with van der Waals surface area (Å²) in [7, 11) is 0. The van der Waals surface area contributed by atoms with Crippen LogP contribution in [0.25, 0.3) is 0 Å². The summed E-state index contributed by atoms with van der Waals surface area (Å²) >= 11 is 0. The summed E-state index contributed by atoms with van der Waals surface area (Å²) < 4.78 is 5.93. The standard InChI is InChI=1S/C22H37N5O2/c1-5-23-22(25-10-7-13-27-12-6-8-21(27)28)26-16-19-9-11-24-20(15-19)29-18(4)14-17(2)3/h9,11,15,17-18H,5-8,10,12-14,16H2,1-4H3,(H2,23,25,26). The van der Waals surface area contributed by atoms with Crippen molar-refractivity contribution >= 4 is 11.9 Å². The highest BCUT2D eigenvalue weighted by molar-refractivity contribution is 5.79. The Balaban J connectivity index is 1.82. The van der Waals surface area contributed by atoms with Crippen LogP contribution in [0, 0.1) is 5.92 Å². The molecule has 2 N–H and O–H groups in total. The largest absolute Gasteiger partial charge is 0.475 e. The van der Waals surface area contributed by atoms with E-state index in [2.05, 4.69) is 48.3 Å². The number of aliphatic imine (C=N–C) groups is 1. The van der Waals surface area contributed by atoms with Crippen LogP contribution in [-0.4, -0.2) is 54.0 Å². The van der Waals surface area contributed by atoms with Gasteiger partial charge in [-0.3, -0.25) is 4.79 Å². The van der Waals surface area contributed by atoms with Gasteiger partial charge >= 0.3 is 0 Å². The predicted octanol–water partition coefficient (Wildman–Crippen LogP) is 2.96. The maximum Gasteiger partial charge on any atom is 0.222 e. The van der Waals surface area contributed by atoms with Gasteiger partial charge in [0.25, 0.3) is 0 Å². The molecule has 0 aliphatic carbocycles. The quantitative estimate of drug-likeness (QED) is 0.337. The van der Waals surface area contributed by atoms with Crippen molar-refractivity contribution in [1.82, 2.24) is 20.5 Å². The monoisotopic (exact) mass is 403 g/mol. The van der Waals surface area contributed by atoms with Crippen molar-refractivity contribution in [2.45, 2.75) is 66.0 Å². The lowest BCUT2D eigenvalue weighted by Gasteiger charge is -2.17. The Bertz CT molecular complexity index is 662. The first-order chi connectivity index (χ1) is 14.0. The molecule has 7 heteroatoms. The van der Waals surface area contributed by atoms with E-state index in [4.69, 9.17) is 4.74 Å².